The minimum Gasteiger partial charge on any atom is -0.469 e. The maximum absolute atomic E-state index is 11.0. The monoisotopic (exact) mass is 356 g/mol. The van der Waals surface area contributed by atoms with E-state index < -0.39 is 12.2 Å². The Morgan fingerprint density at radius 3 is 2.28 bits per heavy atom. The first kappa shape index (κ1) is 23.5. The fourth-order valence-electron chi connectivity index (χ4n) is 2.18. The van der Waals surface area contributed by atoms with Crippen molar-refractivity contribution in [2.24, 2.45) is 0 Å². The summed E-state index contributed by atoms with van der Waals surface area (Å²) in [7, 11) is 1.40. The minimum atomic E-state index is -0.554. The largest absolute Gasteiger partial charge is 0.469 e. The average Bonchev–Trinajstić information content (AvgIpc) is 2.64. The van der Waals surface area contributed by atoms with Gasteiger partial charge in [-0.05, 0) is 25.7 Å². The van der Waals surface area contributed by atoms with Crippen LogP contribution in [0.15, 0.2) is 36.5 Å². The molecule has 0 heterocycles. The zero-order valence-electron chi connectivity index (χ0n) is 15.3. The summed E-state index contributed by atoms with van der Waals surface area (Å²) in [5.41, 5.74) is 0. The van der Waals surface area contributed by atoms with E-state index in [1.165, 1.54) is 7.11 Å². The molecule has 2 N–H and O–H groups in total. The second-order valence-corrected chi connectivity index (χ2v) is 5.70. The number of hydrogen-bond acceptors (Lipinski definition) is 6. The normalized spacial score (nSPS) is 14.6. The van der Waals surface area contributed by atoms with E-state index in [9.17, 15) is 4.79 Å². The second-order valence-electron chi connectivity index (χ2n) is 5.70. The van der Waals surface area contributed by atoms with Crippen molar-refractivity contribution in [2.45, 2.75) is 70.5 Å². The van der Waals surface area contributed by atoms with Crippen molar-refractivity contribution in [1.29, 1.82) is 0 Å². The third-order valence-electron chi connectivity index (χ3n) is 3.62. The molecule has 144 valence electrons. The van der Waals surface area contributed by atoms with Crippen LogP contribution in [0.2, 0.25) is 0 Å². The number of unbranched alkanes of at least 4 members (excludes halogenated alkanes) is 4. The Balaban J connectivity index is 3.97. The van der Waals surface area contributed by atoms with Crippen LogP contribution in [-0.4, -0.2) is 35.8 Å². The number of allylic oxidation sites excluding steroid dienone is 4. The van der Waals surface area contributed by atoms with Crippen LogP contribution < -0.4 is 0 Å². The summed E-state index contributed by atoms with van der Waals surface area (Å²) in [5, 5.41) is 17.9. The number of ether oxygens (including phenoxy) is 1. The molecule has 0 aromatic heterocycles. The molecule has 25 heavy (non-hydrogen) atoms. The van der Waals surface area contributed by atoms with Gasteiger partial charge in [-0.2, -0.15) is 0 Å². The SMILES string of the molecule is CC/C=C\C=C\C(CC(/C=C/CCCCCCC(=O)OC)OO)OO. The van der Waals surface area contributed by atoms with Crippen LogP contribution in [0.1, 0.15) is 58.3 Å². The summed E-state index contributed by atoms with van der Waals surface area (Å²) in [4.78, 5) is 19.8. The first-order chi connectivity index (χ1) is 12.2. The van der Waals surface area contributed by atoms with Crippen molar-refractivity contribution < 1.29 is 29.8 Å². The predicted octanol–water partition coefficient (Wildman–Crippen LogP) is 4.69. The molecule has 0 saturated heterocycles. The Morgan fingerprint density at radius 2 is 1.64 bits per heavy atom. The molecular weight excluding hydrogens is 324 g/mol. The molecular formula is C19H32O6. The van der Waals surface area contributed by atoms with Crippen LogP contribution in [0, 0.1) is 0 Å². The number of hydrogen-bond donors (Lipinski definition) is 2. The van der Waals surface area contributed by atoms with Crippen molar-refractivity contribution >= 4 is 5.97 Å². The van der Waals surface area contributed by atoms with Crippen molar-refractivity contribution in [3.05, 3.63) is 36.5 Å². The molecule has 0 spiro atoms. The number of methoxy groups -OCH3 is 1. The van der Waals surface area contributed by atoms with Gasteiger partial charge in [0, 0.05) is 12.8 Å². The molecule has 0 radical (unpaired) electrons. The minimum absolute atomic E-state index is 0.164. The summed E-state index contributed by atoms with van der Waals surface area (Å²) >= 11 is 0. The van der Waals surface area contributed by atoms with Crippen molar-refractivity contribution in [3.63, 3.8) is 0 Å². The van der Waals surface area contributed by atoms with Crippen molar-refractivity contribution in [2.75, 3.05) is 7.11 Å². The lowest BCUT2D eigenvalue weighted by molar-refractivity contribution is -0.297. The van der Waals surface area contributed by atoms with Crippen LogP contribution in [0.25, 0.3) is 0 Å². The molecule has 0 bridgehead atoms. The molecule has 0 aromatic rings. The molecule has 6 heteroatoms. The van der Waals surface area contributed by atoms with E-state index >= 15 is 0 Å². The summed E-state index contributed by atoms with van der Waals surface area (Å²) < 4.78 is 4.59. The van der Waals surface area contributed by atoms with Crippen LogP contribution >= 0.6 is 0 Å². The van der Waals surface area contributed by atoms with Gasteiger partial charge in [-0.15, -0.1) is 0 Å². The standard InChI is InChI=1S/C19H32O6/c1-3-4-5-10-13-17(24-21)16-18(25-22)14-11-8-6-7-9-12-15-19(20)23-2/h4-5,10-11,13-14,17-18,21-22H,3,6-9,12,15-16H2,1-2H3/b5-4-,13-10+,14-11+. The third kappa shape index (κ3) is 14.6. The second kappa shape index (κ2) is 17.4. The van der Waals surface area contributed by atoms with Crippen LogP contribution in [-0.2, 0) is 19.3 Å². The molecule has 0 aromatic carbocycles. The maximum Gasteiger partial charge on any atom is 0.305 e. The molecule has 0 fully saturated rings. The van der Waals surface area contributed by atoms with Gasteiger partial charge < -0.3 is 4.74 Å². The predicted molar refractivity (Wildman–Crippen MR) is 97.0 cm³/mol. The lowest BCUT2D eigenvalue weighted by Gasteiger charge is -2.13. The molecule has 0 amide bonds. The van der Waals surface area contributed by atoms with Gasteiger partial charge in [-0.25, -0.2) is 9.78 Å². The van der Waals surface area contributed by atoms with Gasteiger partial charge in [0.15, 0.2) is 0 Å². The van der Waals surface area contributed by atoms with E-state index in [0.717, 1.165) is 38.5 Å². The Morgan fingerprint density at radius 1 is 0.960 bits per heavy atom. The highest BCUT2D eigenvalue weighted by Gasteiger charge is 2.13. The third-order valence-corrected chi connectivity index (χ3v) is 3.62. The fraction of sp³-hybridized carbons (Fsp3) is 0.632. The van der Waals surface area contributed by atoms with Gasteiger partial charge in [0.05, 0.1) is 7.11 Å². The lowest BCUT2D eigenvalue weighted by atomic mass is 10.1. The number of rotatable bonds is 15. The van der Waals surface area contributed by atoms with E-state index in [4.69, 9.17) is 10.5 Å². The molecule has 2 unspecified atom stereocenters. The highest BCUT2D eigenvalue weighted by Crippen LogP contribution is 2.11. The maximum atomic E-state index is 11.0. The van der Waals surface area contributed by atoms with Crippen LogP contribution in [0.4, 0.5) is 0 Å². The zero-order chi connectivity index (χ0) is 18.8. The fourth-order valence-corrected chi connectivity index (χ4v) is 2.18. The topological polar surface area (TPSA) is 85.2 Å². The summed E-state index contributed by atoms with van der Waals surface area (Å²) in [6.45, 7) is 2.03. The lowest BCUT2D eigenvalue weighted by Crippen LogP contribution is -2.18. The number of esters is 1. The Kier molecular flexibility index (Phi) is 16.3. The Hall–Kier alpha value is -1.47. The van der Waals surface area contributed by atoms with Crippen molar-refractivity contribution in [3.8, 4) is 0 Å². The quantitative estimate of drug-likeness (QED) is 0.111. The first-order valence-electron chi connectivity index (χ1n) is 8.85. The molecule has 6 nitrogen and oxygen atoms in total. The average molecular weight is 356 g/mol. The van der Waals surface area contributed by atoms with Crippen LogP contribution in [0.5, 0.6) is 0 Å². The van der Waals surface area contributed by atoms with E-state index in [1.807, 2.05) is 25.2 Å². The molecule has 0 saturated carbocycles. The molecule has 0 aliphatic carbocycles. The first-order valence-corrected chi connectivity index (χ1v) is 8.85. The summed E-state index contributed by atoms with van der Waals surface area (Å²) in [6, 6.07) is 0. The molecule has 0 aliphatic rings. The van der Waals surface area contributed by atoms with Gasteiger partial charge in [0.2, 0.25) is 0 Å². The molecule has 0 aliphatic heterocycles. The summed E-state index contributed by atoms with van der Waals surface area (Å²) in [6.07, 6.45) is 16.4. The van der Waals surface area contributed by atoms with E-state index in [1.54, 1.807) is 18.2 Å². The van der Waals surface area contributed by atoms with Crippen molar-refractivity contribution in [1.82, 2.24) is 0 Å². The molecule has 2 atom stereocenters. The Labute approximate surface area is 150 Å². The Bertz CT molecular complexity index is 403. The van der Waals surface area contributed by atoms with E-state index in [0.29, 0.717) is 12.8 Å². The van der Waals surface area contributed by atoms with Gasteiger partial charge in [-0.1, -0.05) is 56.2 Å². The van der Waals surface area contributed by atoms with Gasteiger partial charge >= 0.3 is 5.97 Å². The van der Waals surface area contributed by atoms with Crippen LogP contribution in [0.3, 0.4) is 0 Å². The van der Waals surface area contributed by atoms with Gasteiger partial charge in [0.25, 0.3) is 0 Å². The van der Waals surface area contributed by atoms with Gasteiger partial charge in [-0.3, -0.25) is 15.3 Å². The smallest absolute Gasteiger partial charge is 0.305 e. The number of carbonyl (C=O) groups excluding carboxylic acids is 1. The molecule has 0 rings (SSSR count). The van der Waals surface area contributed by atoms with E-state index in [2.05, 4.69) is 14.5 Å². The number of carbonyl (C=O) groups is 1. The highest BCUT2D eigenvalue weighted by molar-refractivity contribution is 5.68. The highest BCUT2D eigenvalue weighted by atomic mass is 17.1. The zero-order valence-corrected chi connectivity index (χ0v) is 15.3. The summed E-state index contributed by atoms with van der Waals surface area (Å²) in [5.74, 6) is -0.164. The van der Waals surface area contributed by atoms with Gasteiger partial charge in [0.1, 0.15) is 12.2 Å². The van der Waals surface area contributed by atoms with E-state index in [-0.39, 0.29) is 5.97 Å².